The highest BCUT2D eigenvalue weighted by Gasteiger charge is 2.07. The first kappa shape index (κ1) is 16.7. The van der Waals surface area contributed by atoms with Crippen molar-refractivity contribution in [1.29, 1.82) is 5.41 Å². The highest BCUT2D eigenvalue weighted by molar-refractivity contribution is 7.14. The molecule has 2 aromatic carbocycles. The van der Waals surface area contributed by atoms with Gasteiger partial charge in [-0.05, 0) is 24.3 Å². The summed E-state index contributed by atoms with van der Waals surface area (Å²) in [5.74, 6) is -0.296. The van der Waals surface area contributed by atoms with Crippen LogP contribution in [0, 0.1) is 5.41 Å². The minimum absolute atomic E-state index is 0.0970. The van der Waals surface area contributed by atoms with E-state index in [9.17, 15) is 4.79 Å². The molecule has 1 heterocycles. The van der Waals surface area contributed by atoms with E-state index in [1.165, 1.54) is 18.4 Å². The number of benzene rings is 2. The number of carbonyl (C=O) groups is 1. The van der Waals surface area contributed by atoms with Crippen LogP contribution in [0.25, 0.3) is 11.3 Å². The molecule has 3 N–H and O–H groups in total. The van der Waals surface area contributed by atoms with Crippen LogP contribution in [-0.4, -0.2) is 24.0 Å². The molecule has 3 rings (SSSR count). The lowest BCUT2D eigenvalue weighted by Gasteiger charge is -2.08. The van der Waals surface area contributed by atoms with Gasteiger partial charge in [-0.1, -0.05) is 30.3 Å². The molecule has 0 radical (unpaired) electrons. The maximum atomic E-state index is 11.4. The minimum atomic E-state index is -0.393. The van der Waals surface area contributed by atoms with Gasteiger partial charge in [0.2, 0.25) is 0 Å². The van der Waals surface area contributed by atoms with Gasteiger partial charge in [0.1, 0.15) is 0 Å². The van der Waals surface area contributed by atoms with E-state index in [1.807, 2.05) is 35.7 Å². The molecule has 0 unspecified atom stereocenters. The molecule has 0 fully saturated rings. The summed E-state index contributed by atoms with van der Waals surface area (Å²) in [6.07, 6.45) is 0. The number of esters is 1. The first-order chi connectivity index (χ1) is 12.2. The van der Waals surface area contributed by atoms with Crippen molar-refractivity contribution in [3.05, 3.63) is 65.5 Å². The van der Waals surface area contributed by atoms with Crippen molar-refractivity contribution in [2.75, 3.05) is 17.7 Å². The molecule has 0 amide bonds. The lowest BCUT2D eigenvalue weighted by molar-refractivity contribution is 0.0601. The van der Waals surface area contributed by atoms with Crippen molar-refractivity contribution in [1.82, 2.24) is 4.98 Å². The highest BCUT2D eigenvalue weighted by Crippen LogP contribution is 2.24. The molecule has 0 saturated heterocycles. The second kappa shape index (κ2) is 7.59. The summed E-state index contributed by atoms with van der Waals surface area (Å²) in [5, 5.41) is 16.4. The maximum Gasteiger partial charge on any atom is 0.337 e. The van der Waals surface area contributed by atoms with Gasteiger partial charge in [-0.3, -0.25) is 5.41 Å². The standard InChI is InChI=1S/C18H16N4O2S/c1-24-16(23)13-7-9-14(10-8-13)20-17(19)22-18-21-15(11-25-18)12-5-3-2-4-6-12/h2-11H,1H3,(H3,19,20,21,22). The van der Waals surface area contributed by atoms with Gasteiger partial charge in [0, 0.05) is 16.6 Å². The van der Waals surface area contributed by atoms with E-state index in [4.69, 9.17) is 5.41 Å². The van der Waals surface area contributed by atoms with Crippen LogP contribution in [0.4, 0.5) is 10.8 Å². The van der Waals surface area contributed by atoms with Gasteiger partial charge >= 0.3 is 5.97 Å². The third-order valence-corrected chi connectivity index (χ3v) is 4.14. The fourth-order valence-corrected chi connectivity index (χ4v) is 2.89. The van der Waals surface area contributed by atoms with E-state index in [1.54, 1.807) is 24.3 Å². The first-order valence-electron chi connectivity index (χ1n) is 7.47. The number of thiazole rings is 1. The summed E-state index contributed by atoms with van der Waals surface area (Å²) < 4.78 is 4.65. The Morgan fingerprint density at radius 2 is 1.80 bits per heavy atom. The van der Waals surface area contributed by atoms with E-state index in [0.717, 1.165) is 11.3 Å². The molecule has 0 aliphatic carbocycles. The van der Waals surface area contributed by atoms with Crippen molar-refractivity contribution in [3.63, 3.8) is 0 Å². The van der Waals surface area contributed by atoms with Gasteiger partial charge in [0.15, 0.2) is 11.1 Å². The SMILES string of the molecule is COC(=O)c1ccc(NC(=N)Nc2nc(-c3ccccc3)cs2)cc1. The summed E-state index contributed by atoms with van der Waals surface area (Å²) in [6.45, 7) is 0. The summed E-state index contributed by atoms with van der Waals surface area (Å²) >= 11 is 1.43. The largest absolute Gasteiger partial charge is 0.465 e. The number of hydrogen-bond acceptors (Lipinski definition) is 5. The predicted molar refractivity (Wildman–Crippen MR) is 100 cm³/mol. The molecule has 0 aliphatic rings. The van der Waals surface area contributed by atoms with Crippen LogP contribution in [0.5, 0.6) is 0 Å². The van der Waals surface area contributed by atoms with E-state index in [2.05, 4.69) is 20.4 Å². The monoisotopic (exact) mass is 352 g/mol. The van der Waals surface area contributed by atoms with Crippen LogP contribution in [0.2, 0.25) is 0 Å². The molecule has 7 heteroatoms. The normalized spacial score (nSPS) is 10.1. The zero-order valence-electron chi connectivity index (χ0n) is 13.4. The molecule has 0 saturated carbocycles. The molecular formula is C18H16N4O2S. The average Bonchev–Trinajstić information content (AvgIpc) is 3.10. The maximum absolute atomic E-state index is 11.4. The van der Waals surface area contributed by atoms with Crippen LogP contribution < -0.4 is 10.6 Å². The molecule has 0 bridgehead atoms. The minimum Gasteiger partial charge on any atom is -0.465 e. The topological polar surface area (TPSA) is 87.1 Å². The molecule has 25 heavy (non-hydrogen) atoms. The number of methoxy groups -OCH3 is 1. The number of nitrogens with one attached hydrogen (secondary N) is 3. The van der Waals surface area contributed by atoms with Gasteiger partial charge in [-0.2, -0.15) is 0 Å². The summed E-state index contributed by atoms with van der Waals surface area (Å²) in [5.41, 5.74) is 3.04. The van der Waals surface area contributed by atoms with Crippen LogP contribution in [0.15, 0.2) is 60.0 Å². The Labute approximate surface area is 149 Å². The molecule has 3 aromatic rings. The number of hydrogen-bond donors (Lipinski definition) is 3. The Morgan fingerprint density at radius 1 is 1.08 bits per heavy atom. The third-order valence-electron chi connectivity index (χ3n) is 3.38. The Bertz CT molecular complexity index is 876. The lowest BCUT2D eigenvalue weighted by atomic mass is 10.2. The van der Waals surface area contributed by atoms with Gasteiger partial charge in [0.05, 0.1) is 18.4 Å². The Hall–Kier alpha value is -3.19. The number of nitrogens with zero attached hydrogens (tertiary/aromatic N) is 1. The number of guanidine groups is 1. The van der Waals surface area contributed by atoms with Crippen molar-refractivity contribution in [2.45, 2.75) is 0 Å². The second-order valence-electron chi connectivity index (χ2n) is 5.10. The zero-order chi connectivity index (χ0) is 17.6. The van der Waals surface area contributed by atoms with E-state index < -0.39 is 5.97 Å². The van der Waals surface area contributed by atoms with E-state index in [0.29, 0.717) is 16.4 Å². The summed E-state index contributed by atoms with van der Waals surface area (Å²) in [4.78, 5) is 15.9. The quantitative estimate of drug-likeness (QED) is 0.374. The molecule has 126 valence electrons. The fourth-order valence-electron chi connectivity index (χ4n) is 2.16. The van der Waals surface area contributed by atoms with E-state index in [-0.39, 0.29) is 5.96 Å². The van der Waals surface area contributed by atoms with Crippen LogP contribution in [-0.2, 0) is 4.74 Å². The summed E-state index contributed by atoms with van der Waals surface area (Å²) in [7, 11) is 1.34. The zero-order valence-corrected chi connectivity index (χ0v) is 14.3. The Morgan fingerprint density at radius 3 is 2.48 bits per heavy atom. The number of carbonyl (C=O) groups excluding carboxylic acids is 1. The number of aromatic nitrogens is 1. The van der Waals surface area contributed by atoms with Gasteiger partial charge in [-0.15, -0.1) is 11.3 Å². The Balaban J connectivity index is 1.61. The lowest BCUT2D eigenvalue weighted by Crippen LogP contribution is -2.20. The second-order valence-corrected chi connectivity index (χ2v) is 5.96. The van der Waals surface area contributed by atoms with Gasteiger partial charge in [-0.25, -0.2) is 9.78 Å². The molecule has 0 aliphatic heterocycles. The molecular weight excluding hydrogens is 336 g/mol. The Kier molecular flexibility index (Phi) is 5.06. The molecule has 6 nitrogen and oxygen atoms in total. The number of anilines is 2. The van der Waals surface area contributed by atoms with E-state index >= 15 is 0 Å². The fraction of sp³-hybridized carbons (Fsp3) is 0.0556. The third kappa shape index (κ3) is 4.21. The van der Waals surface area contributed by atoms with Gasteiger partial charge < -0.3 is 15.4 Å². The van der Waals surface area contributed by atoms with Crippen molar-refractivity contribution < 1.29 is 9.53 Å². The predicted octanol–water partition coefficient (Wildman–Crippen LogP) is 4.06. The van der Waals surface area contributed by atoms with Crippen LogP contribution in [0.3, 0.4) is 0 Å². The number of ether oxygens (including phenoxy) is 1. The van der Waals surface area contributed by atoms with Crippen molar-refractivity contribution in [2.24, 2.45) is 0 Å². The van der Waals surface area contributed by atoms with Crippen LogP contribution in [0.1, 0.15) is 10.4 Å². The number of rotatable bonds is 4. The van der Waals surface area contributed by atoms with Crippen molar-refractivity contribution in [3.8, 4) is 11.3 Å². The molecule has 0 spiro atoms. The van der Waals surface area contributed by atoms with Gasteiger partial charge in [0.25, 0.3) is 0 Å². The average molecular weight is 352 g/mol. The summed E-state index contributed by atoms with van der Waals surface area (Å²) in [6, 6.07) is 16.6. The smallest absolute Gasteiger partial charge is 0.337 e. The first-order valence-corrected chi connectivity index (χ1v) is 8.35. The molecule has 0 atom stereocenters. The molecule has 1 aromatic heterocycles. The van der Waals surface area contributed by atoms with Crippen molar-refractivity contribution >= 4 is 34.1 Å². The highest BCUT2D eigenvalue weighted by atomic mass is 32.1. The van der Waals surface area contributed by atoms with Crippen LogP contribution >= 0.6 is 11.3 Å².